The van der Waals surface area contributed by atoms with Crippen LogP contribution in [-0.2, 0) is 11.3 Å². The Bertz CT molecular complexity index is 289. The first-order valence-corrected chi connectivity index (χ1v) is 5.30. The van der Waals surface area contributed by atoms with E-state index in [0.29, 0.717) is 6.61 Å². The molecule has 0 spiro atoms. The Kier molecular flexibility index (Phi) is 5.15. The number of hydrogen-bond donors (Lipinski definition) is 2. The van der Waals surface area contributed by atoms with Gasteiger partial charge in [0.05, 0.1) is 13.2 Å². The largest absolute Gasteiger partial charge is 0.392 e. The standard InChI is InChI=1S/C12H19NO2/c1-3-15-9-10(2)13-12-6-4-5-11(7-12)8-14/h4-7,10,13-14H,3,8-9H2,1-2H3/t10-/m1/s1. The van der Waals surface area contributed by atoms with E-state index in [9.17, 15) is 0 Å². The van der Waals surface area contributed by atoms with Gasteiger partial charge in [-0.15, -0.1) is 0 Å². The fraction of sp³-hybridized carbons (Fsp3) is 0.500. The van der Waals surface area contributed by atoms with Crippen molar-refractivity contribution in [2.24, 2.45) is 0 Å². The number of anilines is 1. The van der Waals surface area contributed by atoms with E-state index < -0.39 is 0 Å². The lowest BCUT2D eigenvalue weighted by atomic mass is 10.2. The van der Waals surface area contributed by atoms with E-state index >= 15 is 0 Å². The molecule has 0 aliphatic rings. The van der Waals surface area contributed by atoms with Crippen LogP contribution in [0.5, 0.6) is 0 Å². The third-order valence-electron chi connectivity index (χ3n) is 2.09. The molecule has 0 aliphatic carbocycles. The van der Waals surface area contributed by atoms with Gasteiger partial charge < -0.3 is 15.2 Å². The van der Waals surface area contributed by atoms with Gasteiger partial charge in [-0.2, -0.15) is 0 Å². The van der Waals surface area contributed by atoms with Gasteiger partial charge in [0, 0.05) is 18.3 Å². The molecule has 1 atom stereocenters. The van der Waals surface area contributed by atoms with Crippen molar-refractivity contribution in [3.63, 3.8) is 0 Å². The van der Waals surface area contributed by atoms with Crippen LogP contribution < -0.4 is 5.32 Å². The molecule has 0 fully saturated rings. The molecule has 0 unspecified atom stereocenters. The Hall–Kier alpha value is -1.06. The van der Waals surface area contributed by atoms with E-state index in [-0.39, 0.29) is 12.6 Å². The third-order valence-corrected chi connectivity index (χ3v) is 2.09. The SMILES string of the molecule is CCOC[C@@H](C)Nc1cccc(CO)c1. The monoisotopic (exact) mass is 209 g/mol. The Balaban J connectivity index is 2.48. The molecule has 15 heavy (non-hydrogen) atoms. The minimum Gasteiger partial charge on any atom is -0.392 e. The zero-order valence-electron chi connectivity index (χ0n) is 9.36. The molecule has 84 valence electrons. The van der Waals surface area contributed by atoms with Gasteiger partial charge in [0.2, 0.25) is 0 Å². The van der Waals surface area contributed by atoms with Gasteiger partial charge in [0.1, 0.15) is 0 Å². The van der Waals surface area contributed by atoms with Crippen molar-refractivity contribution in [1.29, 1.82) is 0 Å². The topological polar surface area (TPSA) is 41.5 Å². The van der Waals surface area contributed by atoms with Crippen LogP contribution in [0.25, 0.3) is 0 Å². The van der Waals surface area contributed by atoms with E-state index in [1.807, 2.05) is 31.2 Å². The fourth-order valence-corrected chi connectivity index (χ4v) is 1.38. The molecule has 0 aromatic heterocycles. The number of ether oxygens (including phenoxy) is 1. The first kappa shape index (κ1) is 12.0. The molecule has 1 aromatic rings. The first-order valence-electron chi connectivity index (χ1n) is 5.30. The van der Waals surface area contributed by atoms with Crippen LogP contribution in [-0.4, -0.2) is 24.4 Å². The molecule has 0 saturated carbocycles. The molecule has 0 radical (unpaired) electrons. The predicted molar refractivity (Wildman–Crippen MR) is 61.9 cm³/mol. The van der Waals surface area contributed by atoms with Gasteiger partial charge in [-0.3, -0.25) is 0 Å². The Morgan fingerprint density at radius 3 is 2.93 bits per heavy atom. The summed E-state index contributed by atoms with van der Waals surface area (Å²) in [6, 6.07) is 8.04. The molecular weight excluding hydrogens is 190 g/mol. The summed E-state index contributed by atoms with van der Waals surface area (Å²) in [5.74, 6) is 0. The van der Waals surface area contributed by atoms with Crippen LogP contribution in [0.15, 0.2) is 24.3 Å². The highest BCUT2D eigenvalue weighted by atomic mass is 16.5. The Morgan fingerprint density at radius 2 is 2.27 bits per heavy atom. The summed E-state index contributed by atoms with van der Waals surface area (Å²) in [6.45, 7) is 5.57. The van der Waals surface area contributed by atoms with Gasteiger partial charge in [0.25, 0.3) is 0 Å². The summed E-state index contributed by atoms with van der Waals surface area (Å²) in [6.07, 6.45) is 0. The molecule has 0 heterocycles. The predicted octanol–water partition coefficient (Wildman–Crippen LogP) is 2.02. The maximum Gasteiger partial charge on any atom is 0.0682 e. The highest BCUT2D eigenvalue weighted by Gasteiger charge is 2.01. The summed E-state index contributed by atoms with van der Waals surface area (Å²) in [5.41, 5.74) is 1.94. The molecular formula is C12H19NO2. The summed E-state index contributed by atoms with van der Waals surface area (Å²) in [7, 11) is 0. The molecule has 0 aliphatic heterocycles. The van der Waals surface area contributed by atoms with Crippen LogP contribution in [0.4, 0.5) is 5.69 Å². The first-order chi connectivity index (χ1) is 7.26. The molecule has 0 amide bonds. The molecule has 3 nitrogen and oxygen atoms in total. The van der Waals surface area contributed by atoms with Gasteiger partial charge in [-0.05, 0) is 31.5 Å². The van der Waals surface area contributed by atoms with Crippen molar-refractivity contribution in [1.82, 2.24) is 0 Å². The second kappa shape index (κ2) is 6.43. The molecule has 2 N–H and O–H groups in total. The Labute approximate surface area is 91.1 Å². The summed E-state index contributed by atoms with van der Waals surface area (Å²) in [5, 5.41) is 12.3. The summed E-state index contributed by atoms with van der Waals surface area (Å²) in [4.78, 5) is 0. The van der Waals surface area contributed by atoms with Crippen molar-refractivity contribution in [3.8, 4) is 0 Å². The number of aliphatic hydroxyl groups is 1. The highest BCUT2D eigenvalue weighted by Crippen LogP contribution is 2.11. The van der Waals surface area contributed by atoms with Crippen LogP contribution in [0, 0.1) is 0 Å². The van der Waals surface area contributed by atoms with Crippen molar-refractivity contribution in [2.45, 2.75) is 26.5 Å². The van der Waals surface area contributed by atoms with Crippen molar-refractivity contribution >= 4 is 5.69 Å². The van der Waals surface area contributed by atoms with E-state index in [1.165, 1.54) is 0 Å². The number of rotatable bonds is 6. The highest BCUT2D eigenvalue weighted by molar-refractivity contribution is 5.46. The minimum absolute atomic E-state index is 0.0787. The normalized spacial score (nSPS) is 12.5. The molecule has 1 aromatic carbocycles. The Morgan fingerprint density at radius 1 is 1.47 bits per heavy atom. The number of aliphatic hydroxyl groups excluding tert-OH is 1. The number of nitrogens with one attached hydrogen (secondary N) is 1. The van der Waals surface area contributed by atoms with E-state index in [2.05, 4.69) is 12.2 Å². The number of hydrogen-bond acceptors (Lipinski definition) is 3. The summed E-state index contributed by atoms with van der Waals surface area (Å²) >= 11 is 0. The summed E-state index contributed by atoms with van der Waals surface area (Å²) < 4.78 is 5.31. The van der Waals surface area contributed by atoms with Crippen LogP contribution in [0.3, 0.4) is 0 Å². The lowest BCUT2D eigenvalue weighted by Gasteiger charge is -2.15. The van der Waals surface area contributed by atoms with Gasteiger partial charge in [-0.25, -0.2) is 0 Å². The quantitative estimate of drug-likeness (QED) is 0.753. The maximum absolute atomic E-state index is 8.99. The van der Waals surface area contributed by atoms with Crippen molar-refractivity contribution < 1.29 is 9.84 Å². The second-order valence-electron chi connectivity index (χ2n) is 3.56. The smallest absolute Gasteiger partial charge is 0.0682 e. The lowest BCUT2D eigenvalue weighted by Crippen LogP contribution is -2.21. The molecule has 1 rings (SSSR count). The van der Waals surface area contributed by atoms with Crippen LogP contribution in [0.2, 0.25) is 0 Å². The van der Waals surface area contributed by atoms with E-state index in [0.717, 1.165) is 17.9 Å². The van der Waals surface area contributed by atoms with Crippen molar-refractivity contribution in [3.05, 3.63) is 29.8 Å². The molecule has 0 bridgehead atoms. The van der Waals surface area contributed by atoms with Crippen LogP contribution >= 0.6 is 0 Å². The van der Waals surface area contributed by atoms with Gasteiger partial charge >= 0.3 is 0 Å². The minimum atomic E-state index is 0.0787. The van der Waals surface area contributed by atoms with Crippen LogP contribution in [0.1, 0.15) is 19.4 Å². The third kappa shape index (κ3) is 4.32. The average Bonchev–Trinajstić information content (AvgIpc) is 2.26. The maximum atomic E-state index is 8.99. The average molecular weight is 209 g/mol. The van der Waals surface area contributed by atoms with Gasteiger partial charge in [-0.1, -0.05) is 12.1 Å². The zero-order valence-corrected chi connectivity index (χ0v) is 9.36. The zero-order chi connectivity index (χ0) is 11.1. The molecule has 0 saturated heterocycles. The van der Waals surface area contributed by atoms with E-state index in [4.69, 9.17) is 9.84 Å². The van der Waals surface area contributed by atoms with Gasteiger partial charge in [0.15, 0.2) is 0 Å². The fourth-order valence-electron chi connectivity index (χ4n) is 1.38. The molecule has 3 heteroatoms. The second-order valence-corrected chi connectivity index (χ2v) is 3.56. The van der Waals surface area contributed by atoms with E-state index in [1.54, 1.807) is 0 Å². The number of benzene rings is 1. The van der Waals surface area contributed by atoms with Crippen molar-refractivity contribution in [2.75, 3.05) is 18.5 Å². The lowest BCUT2D eigenvalue weighted by molar-refractivity contribution is 0.141.